The Morgan fingerprint density at radius 2 is 0.919 bits per heavy atom. The van der Waals surface area contributed by atoms with E-state index in [-0.39, 0.29) is 0 Å². The molecule has 0 bridgehead atoms. The Morgan fingerprint density at radius 1 is 0.568 bits per heavy atom. The van der Waals surface area contributed by atoms with Crippen LogP contribution in [0.25, 0.3) is 0 Å². The highest BCUT2D eigenvalue weighted by atomic mass is 28.5. The summed E-state index contributed by atoms with van der Waals surface area (Å²) in [6.45, 7) is 15.3. The van der Waals surface area contributed by atoms with Crippen LogP contribution >= 0.6 is 0 Å². The fourth-order valence-corrected chi connectivity index (χ4v) is 11.3. The smallest absolute Gasteiger partial charge is 0.377 e. The van der Waals surface area contributed by atoms with E-state index < -0.39 is 17.6 Å². The van der Waals surface area contributed by atoms with Crippen LogP contribution in [0.1, 0.15) is 25.7 Å². The SMILES string of the molecule is CO[Si](CCCNCCCN1CCNCC1)(OC)O[Si](CCCNCCCN1CCNCC1)(OC)OC. The summed E-state index contributed by atoms with van der Waals surface area (Å²) in [5.41, 5.74) is 0. The lowest BCUT2D eigenvalue weighted by molar-refractivity contribution is 0.0859. The quantitative estimate of drug-likeness (QED) is 0.106. The summed E-state index contributed by atoms with van der Waals surface area (Å²) < 4.78 is 30.0. The van der Waals surface area contributed by atoms with Crippen molar-refractivity contribution >= 4 is 17.6 Å². The largest absolute Gasteiger partial charge is 0.493 e. The molecule has 2 saturated heterocycles. The van der Waals surface area contributed by atoms with Gasteiger partial charge in [-0.3, -0.25) is 0 Å². The second-order valence-corrected chi connectivity index (χ2v) is 16.1. The monoisotopic (exact) mass is 564 g/mol. The highest BCUT2D eigenvalue weighted by Crippen LogP contribution is 2.26. The van der Waals surface area contributed by atoms with Crippen molar-refractivity contribution in [1.82, 2.24) is 31.1 Å². The average molecular weight is 565 g/mol. The molecule has 2 heterocycles. The van der Waals surface area contributed by atoms with Crippen LogP contribution in [0.4, 0.5) is 0 Å². The van der Waals surface area contributed by atoms with Crippen molar-refractivity contribution in [3.63, 3.8) is 0 Å². The molecule has 2 aliphatic rings. The molecule has 0 atom stereocenters. The number of piperazine rings is 2. The predicted molar refractivity (Wildman–Crippen MR) is 153 cm³/mol. The Kier molecular flexibility index (Phi) is 17.9. The third kappa shape index (κ3) is 13.3. The zero-order valence-electron chi connectivity index (χ0n) is 24.1. The van der Waals surface area contributed by atoms with E-state index in [1.807, 2.05) is 0 Å². The minimum Gasteiger partial charge on any atom is -0.377 e. The molecule has 0 aromatic heterocycles. The van der Waals surface area contributed by atoms with Gasteiger partial charge in [-0.25, -0.2) is 0 Å². The molecule has 2 aliphatic heterocycles. The highest BCUT2D eigenvalue weighted by Gasteiger charge is 2.51. The van der Waals surface area contributed by atoms with Gasteiger partial charge in [-0.1, -0.05) is 0 Å². The van der Waals surface area contributed by atoms with Gasteiger partial charge in [-0.05, 0) is 65.0 Å². The maximum absolute atomic E-state index is 6.54. The van der Waals surface area contributed by atoms with Gasteiger partial charge in [0.1, 0.15) is 0 Å². The number of hydrogen-bond acceptors (Lipinski definition) is 11. The topological polar surface area (TPSA) is 101 Å². The van der Waals surface area contributed by atoms with Crippen molar-refractivity contribution in [2.45, 2.75) is 37.8 Å². The maximum Gasteiger partial charge on any atom is 0.493 e. The molecule has 4 N–H and O–H groups in total. The van der Waals surface area contributed by atoms with Crippen molar-refractivity contribution in [3.05, 3.63) is 0 Å². The van der Waals surface area contributed by atoms with Gasteiger partial charge in [0, 0.05) is 92.9 Å². The number of nitrogens with zero attached hydrogens (tertiary/aromatic N) is 2. The summed E-state index contributed by atoms with van der Waals surface area (Å²) in [5.74, 6) is 0. The Hall–Kier alpha value is -0.00623. The Balaban J connectivity index is 1.63. The molecule has 13 heteroatoms. The van der Waals surface area contributed by atoms with E-state index in [1.165, 1.54) is 12.8 Å². The number of hydrogen-bond donors (Lipinski definition) is 4. The molecule has 0 aromatic rings. The van der Waals surface area contributed by atoms with Gasteiger partial charge in [0.15, 0.2) is 0 Å². The lowest BCUT2D eigenvalue weighted by Gasteiger charge is -2.35. The molecule has 0 amide bonds. The first kappa shape index (κ1) is 33.2. The summed E-state index contributed by atoms with van der Waals surface area (Å²) in [6.07, 6.45) is 4.18. The maximum atomic E-state index is 6.54. The van der Waals surface area contributed by atoms with E-state index in [0.717, 1.165) is 117 Å². The first-order valence-electron chi connectivity index (χ1n) is 14.3. The van der Waals surface area contributed by atoms with Gasteiger partial charge in [0.25, 0.3) is 0 Å². The first-order chi connectivity index (χ1) is 18.1. The van der Waals surface area contributed by atoms with E-state index in [2.05, 4.69) is 31.1 Å². The molecular formula is C24H56N6O5Si2. The first-order valence-corrected chi connectivity index (χ1v) is 18.2. The molecule has 220 valence electrons. The van der Waals surface area contributed by atoms with Crippen LogP contribution in [-0.2, 0) is 21.8 Å². The third-order valence-corrected chi connectivity index (χ3v) is 14.2. The van der Waals surface area contributed by atoms with Gasteiger partial charge in [-0.15, -0.1) is 0 Å². The van der Waals surface area contributed by atoms with Crippen molar-refractivity contribution in [2.75, 3.05) is 120 Å². The lowest BCUT2D eigenvalue weighted by atomic mass is 10.3. The predicted octanol–water partition coefficient (Wildman–Crippen LogP) is 0.0164. The molecule has 37 heavy (non-hydrogen) atoms. The van der Waals surface area contributed by atoms with Crippen molar-refractivity contribution in [2.24, 2.45) is 0 Å². The second kappa shape index (κ2) is 20.0. The zero-order chi connectivity index (χ0) is 26.7. The van der Waals surface area contributed by atoms with Crippen LogP contribution in [0.3, 0.4) is 0 Å². The van der Waals surface area contributed by atoms with Crippen LogP contribution in [0.15, 0.2) is 0 Å². The molecule has 11 nitrogen and oxygen atoms in total. The van der Waals surface area contributed by atoms with Crippen LogP contribution in [0, 0.1) is 0 Å². The van der Waals surface area contributed by atoms with E-state index in [9.17, 15) is 0 Å². The number of rotatable bonds is 22. The van der Waals surface area contributed by atoms with Gasteiger partial charge in [-0.2, -0.15) is 0 Å². The minimum absolute atomic E-state index is 0.733. The second-order valence-electron chi connectivity index (χ2n) is 9.88. The molecule has 0 unspecified atom stereocenters. The minimum atomic E-state index is -2.89. The van der Waals surface area contributed by atoms with Crippen molar-refractivity contribution in [3.8, 4) is 0 Å². The van der Waals surface area contributed by atoms with Crippen LogP contribution < -0.4 is 21.3 Å². The number of nitrogens with one attached hydrogen (secondary N) is 4. The van der Waals surface area contributed by atoms with E-state index in [1.54, 1.807) is 28.4 Å². The van der Waals surface area contributed by atoms with E-state index in [4.69, 9.17) is 21.8 Å². The van der Waals surface area contributed by atoms with Gasteiger partial charge in [0.05, 0.1) is 0 Å². The molecule has 0 aliphatic carbocycles. The Bertz CT molecular complexity index is 506. The summed E-state index contributed by atoms with van der Waals surface area (Å²) in [6, 6.07) is 1.47. The molecule has 2 fully saturated rings. The molecule has 0 spiro atoms. The van der Waals surface area contributed by atoms with Crippen LogP contribution in [0.2, 0.25) is 12.1 Å². The Morgan fingerprint density at radius 3 is 1.27 bits per heavy atom. The summed E-state index contributed by atoms with van der Waals surface area (Å²) in [7, 11) is 0.944. The fourth-order valence-electron chi connectivity index (χ4n) is 4.92. The van der Waals surface area contributed by atoms with Crippen molar-refractivity contribution < 1.29 is 21.8 Å². The average Bonchev–Trinajstić information content (AvgIpc) is 2.96. The molecule has 0 aromatic carbocycles. The van der Waals surface area contributed by atoms with Gasteiger partial charge < -0.3 is 52.9 Å². The van der Waals surface area contributed by atoms with Crippen molar-refractivity contribution in [1.29, 1.82) is 0 Å². The molecule has 2 rings (SSSR count). The third-order valence-electron chi connectivity index (χ3n) is 7.30. The fraction of sp³-hybridized carbons (Fsp3) is 1.00. The summed E-state index contributed by atoms with van der Waals surface area (Å²) >= 11 is 0. The van der Waals surface area contributed by atoms with Crippen LogP contribution in [-0.4, -0.2) is 147 Å². The Labute approximate surface area is 228 Å². The highest BCUT2D eigenvalue weighted by molar-refractivity contribution is 6.74. The lowest BCUT2D eigenvalue weighted by Crippen LogP contribution is -2.57. The van der Waals surface area contributed by atoms with E-state index in [0.29, 0.717) is 0 Å². The zero-order valence-corrected chi connectivity index (χ0v) is 26.1. The molecular weight excluding hydrogens is 508 g/mol. The summed E-state index contributed by atoms with van der Waals surface area (Å²) in [5, 5.41) is 13.9. The molecule has 0 saturated carbocycles. The van der Waals surface area contributed by atoms with Gasteiger partial charge in [0.2, 0.25) is 0 Å². The van der Waals surface area contributed by atoms with Crippen LogP contribution in [0.5, 0.6) is 0 Å². The summed E-state index contributed by atoms with van der Waals surface area (Å²) in [4.78, 5) is 5.06. The normalized spacial score (nSPS) is 18.5. The van der Waals surface area contributed by atoms with E-state index >= 15 is 0 Å². The van der Waals surface area contributed by atoms with Gasteiger partial charge >= 0.3 is 17.6 Å². The standard InChI is InChI=1S/C24H56N6O5Si2/c1-31-36(32-2,23-7-11-25-9-5-17-29-19-13-27-14-20-29)35-37(33-3,34-4)24-8-12-26-10-6-18-30-21-15-28-16-22-30/h25-28H,5-24H2,1-4H3. The molecule has 0 radical (unpaired) electrons.